The summed E-state index contributed by atoms with van der Waals surface area (Å²) in [6.45, 7) is 2.46. The predicted octanol–water partition coefficient (Wildman–Crippen LogP) is 3.27. The lowest BCUT2D eigenvalue weighted by atomic mass is 10.2. The third-order valence-corrected chi connectivity index (χ3v) is 3.93. The highest BCUT2D eigenvalue weighted by Gasteiger charge is 2.16. The molecule has 0 spiro atoms. The summed E-state index contributed by atoms with van der Waals surface area (Å²) in [5.41, 5.74) is 2.74. The van der Waals surface area contributed by atoms with Crippen molar-refractivity contribution in [1.29, 1.82) is 0 Å². The Balaban J connectivity index is 1.76. The van der Waals surface area contributed by atoms with Crippen LogP contribution in [0.2, 0.25) is 0 Å². The summed E-state index contributed by atoms with van der Waals surface area (Å²) in [5, 5.41) is 8.54. The van der Waals surface area contributed by atoms with E-state index in [0.717, 1.165) is 16.6 Å². The molecule has 0 unspecified atom stereocenters. The standard InChI is InChI=1S/C18H15FN6/c1-12-16-17(21-10-13-6-8-20-9-7-13)22-11-23-18(16)25(24-12)15-5-3-2-4-14(15)19/h2-9,11H,10H2,1H3,(H,21,22,23). The van der Waals surface area contributed by atoms with Crippen LogP contribution in [0.15, 0.2) is 55.1 Å². The molecule has 0 aliphatic heterocycles. The fourth-order valence-corrected chi connectivity index (χ4v) is 2.73. The van der Waals surface area contributed by atoms with Crippen molar-refractivity contribution in [2.24, 2.45) is 0 Å². The number of aryl methyl sites for hydroxylation is 1. The first kappa shape index (κ1) is 15.2. The monoisotopic (exact) mass is 334 g/mol. The number of benzene rings is 1. The predicted molar refractivity (Wildman–Crippen MR) is 92.9 cm³/mol. The number of hydrogen-bond donors (Lipinski definition) is 1. The van der Waals surface area contributed by atoms with E-state index in [1.54, 1.807) is 30.6 Å². The first-order valence-corrected chi connectivity index (χ1v) is 7.82. The molecule has 25 heavy (non-hydrogen) atoms. The van der Waals surface area contributed by atoms with Gasteiger partial charge in [0.1, 0.15) is 23.6 Å². The number of halogens is 1. The summed E-state index contributed by atoms with van der Waals surface area (Å²) >= 11 is 0. The van der Waals surface area contributed by atoms with Crippen molar-refractivity contribution in [3.8, 4) is 5.69 Å². The molecule has 7 heteroatoms. The Hall–Kier alpha value is -3.35. The number of anilines is 1. The fourth-order valence-electron chi connectivity index (χ4n) is 2.73. The SMILES string of the molecule is Cc1nn(-c2ccccc2F)c2ncnc(NCc3ccncc3)c12. The van der Waals surface area contributed by atoms with Gasteiger partial charge in [0.25, 0.3) is 0 Å². The molecule has 3 aromatic heterocycles. The minimum absolute atomic E-state index is 0.350. The van der Waals surface area contributed by atoms with Crippen molar-refractivity contribution in [3.63, 3.8) is 0 Å². The highest BCUT2D eigenvalue weighted by Crippen LogP contribution is 2.26. The summed E-state index contributed by atoms with van der Waals surface area (Å²) in [5.74, 6) is 0.318. The maximum atomic E-state index is 14.2. The second-order valence-corrected chi connectivity index (χ2v) is 5.58. The lowest BCUT2D eigenvalue weighted by Gasteiger charge is -2.07. The third kappa shape index (κ3) is 2.80. The average Bonchev–Trinajstić information content (AvgIpc) is 2.99. The Labute approximate surface area is 143 Å². The molecule has 0 saturated carbocycles. The van der Waals surface area contributed by atoms with Crippen molar-refractivity contribution in [1.82, 2.24) is 24.7 Å². The van der Waals surface area contributed by atoms with E-state index in [4.69, 9.17) is 0 Å². The van der Waals surface area contributed by atoms with E-state index in [-0.39, 0.29) is 5.82 Å². The van der Waals surface area contributed by atoms with Gasteiger partial charge in [0, 0.05) is 18.9 Å². The zero-order valence-electron chi connectivity index (χ0n) is 13.5. The van der Waals surface area contributed by atoms with E-state index in [1.165, 1.54) is 17.1 Å². The van der Waals surface area contributed by atoms with Crippen LogP contribution in [0.4, 0.5) is 10.2 Å². The topological polar surface area (TPSA) is 68.5 Å². The van der Waals surface area contributed by atoms with E-state index in [2.05, 4.69) is 25.4 Å². The van der Waals surface area contributed by atoms with Gasteiger partial charge in [0.15, 0.2) is 5.65 Å². The molecular weight excluding hydrogens is 319 g/mol. The molecule has 6 nitrogen and oxygen atoms in total. The lowest BCUT2D eigenvalue weighted by molar-refractivity contribution is 0.612. The zero-order valence-corrected chi connectivity index (χ0v) is 13.5. The summed E-state index contributed by atoms with van der Waals surface area (Å²) in [7, 11) is 0. The minimum Gasteiger partial charge on any atom is -0.365 e. The van der Waals surface area contributed by atoms with Gasteiger partial charge in [-0.15, -0.1) is 0 Å². The molecule has 0 amide bonds. The van der Waals surface area contributed by atoms with Crippen LogP contribution in [0.25, 0.3) is 16.7 Å². The molecule has 3 heterocycles. The molecule has 0 radical (unpaired) electrons. The molecule has 1 N–H and O–H groups in total. The first-order chi connectivity index (χ1) is 12.2. The Morgan fingerprint density at radius 2 is 1.88 bits per heavy atom. The largest absolute Gasteiger partial charge is 0.365 e. The number of nitrogens with zero attached hydrogens (tertiary/aromatic N) is 5. The van der Waals surface area contributed by atoms with Gasteiger partial charge in [-0.3, -0.25) is 4.98 Å². The van der Waals surface area contributed by atoms with Gasteiger partial charge >= 0.3 is 0 Å². The van der Waals surface area contributed by atoms with E-state index in [1.807, 2.05) is 19.1 Å². The van der Waals surface area contributed by atoms with Gasteiger partial charge in [-0.25, -0.2) is 19.0 Å². The van der Waals surface area contributed by atoms with Gasteiger partial charge in [-0.2, -0.15) is 5.10 Å². The zero-order chi connectivity index (χ0) is 17.2. The van der Waals surface area contributed by atoms with E-state index in [0.29, 0.717) is 23.7 Å². The Morgan fingerprint density at radius 3 is 2.68 bits per heavy atom. The number of hydrogen-bond acceptors (Lipinski definition) is 5. The van der Waals surface area contributed by atoms with Crippen LogP contribution in [0, 0.1) is 12.7 Å². The molecule has 4 rings (SSSR count). The van der Waals surface area contributed by atoms with Crippen LogP contribution >= 0.6 is 0 Å². The maximum absolute atomic E-state index is 14.2. The van der Waals surface area contributed by atoms with E-state index < -0.39 is 0 Å². The van der Waals surface area contributed by atoms with Crippen molar-refractivity contribution in [2.75, 3.05) is 5.32 Å². The van der Waals surface area contributed by atoms with Crippen molar-refractivity contribution < 1.29 is 4.39 Å². The number of fused-ring (bicyclic) bond motifs is 1. The second kappa shape index (κ2) is 6.27. The maximum Gasteiger partial charge on any atom is 0.168 e. The number of pyridine rings is 1. The summed E-state index contributed by atoms with van der Waals surface area (Å²) in [6, 6.07) is 10.4. The van der Waals surface area contributed by atoms with Gasteiger partial charge in [0.05, 0.1) is 11.1 Å². The first-order valence-electron chi connectivity index (χ1n) is 7.82. The van der Waals surface area contributed by atoms with Crippen LogP contribution in [-0.2, 0) is 6.54 Å². The molecule has 0 saturated heterocycles. The van der Waals surface area contributed by atoms with Crippen molar-refractivity contribution >= 4 is 16.9 Å². The summed E-state index contributed by atoms with van der Waals surface area (Å²) in [4.78, 5) is 12.6. The normalized spacial score (nSPS) is 11.0. The number of aromatic nitrogens is 5. The molecule has 0 fully saturated rings. The van der Waals surface area contributed by atoms with Crippen molar-refractivity contribution in [2.45, 2.75) is 13.5 Å². The third-order valence-electron chi connectivity index (χ3n) is 3.93. The van der Waals surface area contributed by atoms with Crippen LogP contribution in [0.1, 0.15) is 11.3 Å². The van der Waals surface area contributed by atoms with Gasteiger partial charge in [0.2, 0.25) is 0 Å². The molecular formula is C18H15FN6. The van der Waals surface area contributed by atoms with Gasteiger partial charge < -0.3 is 5.32 Å². The van der Waals surface area contributed by atoms with Crippen LogP contribution in [-0.4, -0.2) is 24.7 Å². The van der Waals surface area contributed by atoms with Gasteiger partial charge in [-0.05, 0) is 36.8 Å². The second-order valence-electron chi connectivity index (χ2n) is 5.58. The highest BCUT2D eigenvalue weighted by atomic mass is 19.1. The van der Waals surface area contributed by atoms with Crippen LogP contribution < -0.4 is 5.32 Å². The molecule has 0 aliphatic carbocycles. The Bertz CT molecular complexity index is 1030. The molecule has 1 aromatic carbocycles. The van der Waals surface area contributed by atoms with Gasteiger partial charge in [-0.1, -0.05) is 12.1 Å². The molecule has 0 aliphatic rings. The highest BCUT2D eigenvalue weighted by molar-refractivity contribution is 5.90. The van der Waals surface area contributed by atoms with E-state index in [9.17, 15) is 4.39 Å². The van der Waals surface area contributed by atoms with E-state index >= 15 is 0 Å². The van der Waals surface area contributed by atoms with Crippen LogP contribution in [0.5, 0.6) is 0 Å². The average molecular weight is 334 g/mol. The molecule has 4 aromatic rings. The molecule has 124 valence electrons. The summed E-state index contributed by atoms with van der Waals surface area (Å²) < 4.78 is 15.7. The minimum atomic E-state index is -0.350. The number of para-hydroxylation sites is 1. The van der Waals surface area contributed by atoms with Crippen LogP contribution in [0.3, 0.4) is 0 Å². The Morgan fingerprint density at radius 1 is 1.08 bits per heavy atom. The Kier molecular flexibility index (Phi) is 3.81. The van der Waals surface area contributed by atoms with Crippen molar-refractivity contribution in [3.05, 3.63) is 72.2 Å². The molecule has 0 atom stereocenters. The summed E-state index contributed by atoms with van der Waals surface area (Å²) in [6.07, 6.45) is 4.94. The lowest BCUT2D eigenvalue weighted by Crippen LogP contribution is -2.04. The molecule has 0 bridgehead atoms. The smallest absolute Gasteiger partial charge is 0.168 e. The number of nitrogens with one attached hydrogen (secondary N) is 1. The fraction of sp³-hybridized carbons (Fsp3) is 0.111. The number of rotatable bonds is 4. The quantitative estimate of drug-likeness (QED) is 0.620.